The Morgan fingerprint density at radius 1 is 1.11 bits per heavy atom. The predicted octanol–water partition coefficient (Wildman–Crippen LogP) is 5.84. The van der Waals surface area contributed by atoms with Gasteiger partial charge in [0.05, 0.1) is 23.2 Å². The maximum absolute atomic E-state index is 12.4. The maximum atomic E-state index is 12.4. The first-order valence-corrected chi connectivity index (χ1v) is 12.9. The average Bonchev–Trinajstić information content (AvgIpc) is 3.16. The average molecular weight is 620 g/mol. The second-order valence-electron chi connectivity index (χ2n) is 8.32. The molecule has 1 aromatic carbocycles. The number of imidazole rings is 1. The third-order valence-electron chi connectivity index (χ3n) is 5.34. The number of ether oxygens (including phenoxy) is 3. The van der Waals surface area contributed by atoms with Gasteiger partial charge in [0, 0.05) is 39.0 Å². The molecule has 0 amide bonds. The minimum atomic E-state index is -0.890. The van der Waals surface area contributed by atoms with Crippen molar-refractivity contribution in [2.24, 2.45) is 4.99 Å². The van der Waals surface area contributed by atoms with Crippen LogP contribution in [0.1, 0.15) is 55.5 Å². The quantitative estimate of drug-likeness (QED) is 0.242. The highest BCUT2D eigenvalue weighted by Gasteiger charge is 2.29. The Bertz CT molecular complexity index is 1310. The summed E-state index contributed by atoms with van der Waals surface area (Å²) >= 11 is 7.22. The molecular formula is C25H24Br2N4O5. The van der Waals surface area contributed by atoms with Crippen LogP contribution >= 0.6 is 31.9 Å². The molecule has 0 bridgehead atoms. The third kappa shape index (κ3) is 5.84. The predicted molar refractivity (Wildman–Crippen MR) is 139 cm³/mol. The van der Waals surface area contributed by atoms with E-state index in [0.717, 1.165) is 25.9 Å². The number of fused-ring (bicyclic) bond motifs is 3. The van der Waals surface area contributed by atoms with E-state index in [2.05, 4.69) is 41.8 Å². The van der Waals surface area contributed by atoms with E-state index in [1.807, 2.05) is 41.8 Å². The van der Waals surface area contributed by atoms with Crippen LogP contribution in [-0.2, 0) is 19.0 Å². The summed E-state index contributed by atoms with van der Waals surface area (Å²) in [6, 6.07) is 9.23. The number of pyridine rings is 1. The highest BCUT2D eigenvalue weighted by molar-refractivity contribution is 9.13. The molecule has 188 valence electrons. The van der Waals surface area contributed by atoms with Crippen molar-refractivity contribution in [1.29, 1.82) is 0 Å². The highest BCUT2D eigenvalue weighted by atomic mass is 79.9. The van der Waals surface area contributed by atoms with E-state index in [-0.39, 0.29) is 12.5 Å². The Balaban J connectivity index is 1.62. The van der Waals surface area contributed by atoms with E-state index in [1.165, 1.54) is 0 Å². The van der Waals surface area contributed by atoms with Gasteiger partial charge in [-0.1, -0.05) is 6.07 Å². The standard InChI is InChI=1S/C25H24Br2N4O5/c1-14(2)36-25(33)35-13-34-22(32)8-7-20-24-29-12-15(3)31(24)21-11-18(27)17(26)10-16(21)23(30-20)19-6-4-5-9-28-19/h4-6,9-12,14,20H,7-8,13H2,1-3H3/t20-/m0/s1. The summed E-state index contributed by atoms with van der Waals surface area (Å²) in [6.07, 6.45) is 2.67. The molecule has 0 unspecified atom stereocenters. The third-order valence-corrected chi connectivity index (χ3v) is 7.19. The summed E-state index contributed by atoms with van der Waals surface area (Å²) in [5.74, 6) is 0.183. The molecule has 36 heavy (non-hydrogen) atoms. The first kappa shape index (κ1) is 26.0. The number of rotatable bonds is 7. The van der Waals surface area contributed by atoms with Crippen LogP contribution in [0.5, 0.6) is 0 Å². The van der Waals surface area contributed by atoms with E-state index >= 15 is 0 Å². The Labute approximate surface area is 225 Å². The van der Waals surface area contributed by atoms with E-state index in [0.29, 0.717) is 23.7 Å². The van der Waals surface area contributed by atoms with Crippen LogP contribution in [0.25, 0.3) is 5.69 Å². The van der Waals surface area contributed by atoms with E-state index in [1.54, 1.807) is 26.2 Å². The minimum Gasteiger partial charge on any atom is -0.431 e. The number of carbonyl (C=O) groups excluding carboxylic acids is 2. The number of benzene rings is 1. The van der Waals surface area contributed by atoms with Gasteiger partial charge in [0.1, 0.15) is 11.9 Å². The van der Waals surface area contributed by atoms with Gasteiger partial charge in [0.25, 0.3) is 0 Å². The molecule has 0 radical (unpaired) electrons. The summed E-state index contributed by atoms with van der Waals surface area (Å²) in [4.78, 5) is 38.1. The van der Waals surface area contributed by atoms with E-state index < -0.39 is 25.0 Å². The Morgan fingerprint density at radius 3 is 2.61 bits per heavy atom. The highest BCUT2D eigenvalue weighted by Crippen LogP contribution is 2.37. The second-order valence-corrected chi connectivity index (χ2v) is 10.0. The zero-order valence-corrected chi connectivity index (χ0v) is 23.1. The molecule has 0 spiro atoms. The van der Waals surface area contributed by atoms with Crippen LogP contribution in [0.2, 0.25) is 0 Å². The van der Waals surface area contributed by atoms with Gasteiger partial charge in [-0.25, -0.2) is 9.78 Å². The van der Waals surface area contributed by atoms with Crippen LogP contribution in [0.15, 0.2) is 56.7 Å². The Hall–Kier alpha value is -3.05. The number of aliphatic imine (C=N–C) groups is 1. The van der Waals surface area contributed by atoms with Gasteiger partial charge in [-0.2, -0.15) is 0 Å². The summed E-state index contributed by atoms with van der Waals surface area (Å²) in [5.41, 5.74) is 4.13. The second kappa shape index (κ2) is 11.3. The number of carbonyl (C=O) groups is 2. The van der Waals surface area contributed by atoms with Gasteiger partial charge in [-0.15, -0.1) is 0 Å². The molecule has 0 saturated heterocycles. The fourth-order valence-electron chi connectivity index (χ4n) is 3.80. The maximum Gasteiger partial charge on any atom is 0.511 e. The lowest BCUT2D eigenvalue weighted by Crippen LogP contribution is -2.17. The molecule has 11 heteroatoms. The van der Waals surface area contributed by atoms with Crippen molar-refractivity contribution in [3.8, 4) is 5.69 Å². The van der Waals surface area contributed by atoms with Crippen molar-refractivity contribution in [2.45, 2.75) is 45.8 Å². The van der Waals surface area contributed by atoms with Gasteiger partial charge in [0.15, 0.2) is 0 Å². The number of hydrogen-bond acceptors (Lipinski definition) is 8. The van der Waals surface area contributed by atoms with Crippen molar-refractivity contribution >= 4 is 49.7 Å². The van der Waals surface area contributed by atoms with Gasteiger partial charge >= 0.3 is 12.1 Å². The molecule has 9 nitrogen and oxygen atoms in total. The van der Waals surface area contributed by atoms with Crippen LogP contribution in [-0.4, -0.2) is 45.3 Å². The lowest BCUT2D eigenvalue weighted by Gasteiger charge is -2.15. The largest absolute Gasteiger partial charge is 0.511 e. The van der Waals surface area contributed by atoms with Crippen molar-refractivity contribution in [1.82, 2.24) is 14.5 Å². The van der Waals surface area contributed by atoms with Gasteiger partial charge in [-0.05, 0) is 83.3 Å². The fourth-order valence-corrected chi connectivity index (χ4v) is 4.47. The molecule has 4 rings (SSSR count). The van der Waals surface area contributed by atoms with Crippen molar-refractivity contribution in [3.63, 3.8) is 0 Å². The zero-order valence-electron chi connectivity index (χ0n) is 19.9. The van der Waals surface area contributed by atoms with Crippen LogP contribution < -0.4 is 0 Å². The molecular weight excluding hydrogens is 596 g/mol. The van der Waals surface area contributed by atoms with Crippen LogP contribution in [0.3, 0.4) is 0 Å². The molecule has 0 aliphatic carbocycles. The molecule has 1 aliphatic heterocycles. The van der Waals surface area contributed by atoms with Crippen molar-refractivity contribution in [3.05, 3.63) is 74.4 Å². The number of hydrogen-bond donors (Lipinski definition) is 0. The Kier molecular flexibility index (Phi) is 8.20. The van der Waals surface area contributed by atoms with E-state index in [4.69, 9.17) is 19.2 Å². The van der Waals surface area contributed by atoms with Gasteiger partial charge < -0.3 is 14.2 Å². The molecule has 0 saturated carbocycles. The molecule has 0 N–H and O–H groups in total. The van der Waals surface area contributed by atoms with Crippen molar-refractivity contribution in [2.75, 3.05) is 6.79 Å². The van der Waals surface area contributed by atoms with Crippen molar-refractivity contribution < 1.29 is 23.8 Å². The van der Waals surface area contributed by atoms with Gasteiger partial charge in [0.2, 0.25) is 6.79 Å². The Morgan fingerprint density at radius 2 is 1.89 bits per heavy atom. The topological polar surface area (TPSA) is 105 Å². The molecule has 3 heterocycles. The van der Waals surface area contributed by atoms with Crippen LogP contribution in [0.4, 0.5) is 4.79 Å². The van der Waals surface area contributed by atoms with E-state index in [9.17, 15) is 9.59 Å². The molecule has 1 atom stereocenters. The fraction of sp³-hybridized carbons (Fsp3) is 0.320. The number of halogens is 2. The number of aryl methyl sites for hydroxylation is 1. The lowest BCUT2D eigenvalue weighted by atomic mass is 10.0. The first-order chi connectivity index (χ1) is 17.2. The smallest absolute Gasteiger partial charge is 0.431 e. The lowest BCUT2D eigenvalue weighted by molar-refractivity contribution is -0.153. The number of esters is 1. The first-order valence-electron chi connectivity index (χ1n) is 11.3. The normalized spacial score (nSPS) is 14.4. The molecule has 3 aromatic rings. The zero-order chi connectivity index (χ0) is 25.8. The summed E-state index contributed by atoms with van der Waals surface area (Å²) in [6.45, 7) is 4.85. The summed E-state index contributed by atoms with van der Waals surface area (Å²) in [5, 5.41) is 0. The molecule has 0 fully saturated rings. The number of nitrogens with zero attached hydrogens (tertiary/aromatic N) is 4. The monoisotopic (exact) mass is 618 g/mol. The SMILES string of the molecule is Cc1cnc2n1-c1cc(Br)c(Br)cc1C(c1ccccn1)=N[C@H]2CCC(=O)OCOC(=O)OC(C)C. The summed E-state index contributed by atoms with van der Waals surface area (Å²) < 4.78 is 18.5. The molecule has 2 aromatic heterocycles. The number of aromatic nitrogens is 3. The summed E-state index contributed by atoms with van der Waals surface area (Å²) in [7, 11) is 0. The minimum absolute atomic E-state index is 0.0435. The van der Waals surface area contributed by atoms with Crippen LogP contribution in [0, 0.1) is 6.92 Å². The molecule has 1 aliphatic rings. The van der Waals surface area contributed by atoms with Gasteiger partial charge in [-0.3, -0.25) is 19.3 Å².